The van der Waals surface area contributed by atoms with E-state index in [4.69, 9.17) is 16.0 Å². The van der Waals surface area contributed by atoms with Crippen LogP contribution < -0.4 is 5.32 Å². The van der Waals surface area contributed by atoms with Crippen molar-refractivity contribution in [2.24, 2.45) is 0 Å². The minimum atomic E-state index is -3.54. The molecule has 0 radical (unpaired) electrons. The van der Waals surface area contributed by atoms with Gasteiger partial charge in [-0.25, -0.2) is 13.4 Å². The van der Waals surface area contributed by atoms with Gasteiger partial charge in [0.2, 0.25) is 5.89 Å². The number of sulfone groups is 1. The number of oxazole rings is 1. The first-order chi connectivity index (χ1) is 15.7. The number of aromatic nitrogens is 1. The van der Waals surface area contributed by atoms with Crippen LogP contribution >= 0.6 is 11.6 Å². The molecule has 0 aliphatic carbocycles. The minimum absolute atomic E-state index is 0.235. The molecule has 1 N–H and O–H groups in total. The van der Waals surface area contributed by atoms with Crippen molar-refractivity contribution >= 4 is 33.0 Å². The molecule has 0 aliphatic rings. The van der Waals surface area contributed by atoms with Gasteiger partial charge >= 0.3 is 0 Å². The number of amides is 1. The van der Waals surface area contributed by atoms with Gasteiger partial charge in [0.15, 0.2) is 9.84 Å². The smallest absolute Gasteiger partial charge is 0.255 e. The van der Waals surface area contributed by atoms with Crippen LogP contribution in [0.15, 0.2) is 82.1 Å². The van der Waals surface area contributed by atoms with Gasteiger partial charge in [-0.1, -0.05) is 35.9 Å². The number of benzene rings is 3. The van der Waals surface area contributed by atoms with Crippen molar-refractivity contribution in [3.8, 4) is 11.5 Å². The number of hydrogen-bond donors (Lipinski definition) is 1. The zero-order valence-corrected chi connectivity index (χ0v) is 19.6. The molecule has 1 heterocycles. The van der Waals surface area contributed by atoms with Crippen LogP contribution in [0.1, 0.15) is 27.4 Å². The summed E-state index contributed by atoms with van der Waals surface area (Å²) < 4.78 is 31.1. The van der Waals surface area contributed by atoms with Crippen LogP contribution in [0.25, 0.3) is 11.5 Å². The quantitative estimate of drug-likeness (QED) is 0.374. The summed E-state index contributed by atoms with van der Waals surface area (Å²) in [6, 6.07) is 20.3. The van der Waals surface area contributed by atoms with Crippen molar-refractivity contribution in [3.05, 3.63) is 100 Å². The van der Waals surface area contributed by atoms with E-state index in [0.717, 1.165) is 5.56 Å². The zero-order valence-electron chi connectivity index (χ0n) is 18.0. The zero-order chi connectivity index (χ0) is 23.6. The van der Waals surface area contributed by atoms with E-state index in [0.29, 0.717) is 39.2 Å². The van der Waals surface area contributed by atoms with Gasteiger partial charge in [-0.15, -0.1) is 0 Å². The Balaban J connectivity index is 1.51. The molecule has 0 atom stereocenters. The fourth-order valence-corrected chi connectivity index (χ4v) is 4.80. The molecular formula is C25H21ClN2O4S. The van der Waals surface area contributed by atoms with E-state index in [1.54, 1.807) is 73.7 Å². The summed E-state index contributed by atoms with van der Waals surface area (Å²) in [7, 11) is -3.54. The van der Waals surface area contributed by atoms with E-state index in [1.807, 2.05) is 13.0 Å². The molecule has 8 heteroatoms. The molecule has 0 spiro atoms. The third-order valence-electron chi connectivity index (χ3n) is 5.16. The lowest BCUT2D eigenvalue weighted by atomic mass is 10.1. The van der Waals surface area contributed by atoms with E-state index in [2.05, 4.69) is 10.3 Å². The van der Waals surface area contributed by atoms with Crippen LogP contribution in [0.4, 0.5) is 5.69 Å². The largest absolute Gasteiger partial charge is 0.441 e. The Morgan fingerprint density at radius 1 is 1.00 bits per heavy atom. The summed E-state index contributed by atoms with van der Waals surface area (Å²) in [5.41, 5.74) is 2.99. The second kappa shape index (κ2) is 9.21. The molecule has 168 valence electrons. The molecular weight excluding hydrogens is 460 g/mol. The number of nitrogens with one attached hydrogen (secondary N) is 1. The summed E-state index contributed by atoms with van der Waals surface area (Å²) in [6.07, 6.45) is 0. The fourth-order valence-electron chi connectivity index (χ4n) is 3.26. The van der Waals surface area contributed by atoms with Gasteiger partial charge in [-0.05, 0) is 67.9 Å². The first-order valence-electron chi connectivity index (χ1n) is 10.1. The van der Waals surface area contributed by atoms with Crippen LogP contribution in [-0.4, -0.2) is 19.3 Å². The molecule has 0 aliphatic heterocycles. The van der Waals surface area contributed by atoms with Crippen molar-refractivity contribution in [2.75, 3.05) is 5.32 Å². The van der Waals surface area contributed by atoms with E-state index in [1.165, 1.54) is 0 Å². The van der Waals surface area contributed by atoms with Gasteiger partial charge in [0.1, 0.15) is 11.5 Å². The van der Waals surface area contributed by atoms with Crippen LogP contribution in [0.5, 0.6) is 0 Å². The summed E-state index contributed by atoms with van der Waals surface area (Å²) in [5.74, 6) is 0.197. The van der Waals surface area contributed by atoms with Gasteiger partial charge in [0.25, 0.3) is 5.91 Å². The second-order valence-electron chi connectivity index (χ2n) is 7.58. The number of nitrogens with zero attached hydrogens (tertiary/aromatic N) is 1. The predicted octanol–water partition coefficient (Wildman–Crippen LogP) is 5.84. The highest BCUT2D eigenvalue weighted by Gasteiger charge is 2.21. The van der Waals surface area contributed by atoms with Crippen molar-refractivity contribution in [3.63, 3.8) is 0 Å². The molecule has 6 nitrogen and oxygen atoms in total. The lowest BCUT2D eigenvalue weighted by Gasteiger charge is -2.09. The number of halogens is 1. The lowest BCUT2D eigenvalue weighted by Crippen LogP contribution is -2.12. The Labute approximate surface area is 197 Å². The van der Waals surface area contributed by atoms with Gasteiger partial charge < -0.3 is 9.73 Å². The maximum absolute atomic E-state index is 12.7. The van der Waals surface area contributed by atoms with Crippen molar-refractivity contribution < 1.29 is 17.6 Å². The molecule has 0 saturated heterocycles. The first kappa shape index (κ1) is 22.8. The fraction of sp³-hybridized carbons (Fsp3) is 0.120. The molecule has 33 heavy (non-hydrogen) atoms. The van der Waals surface area contributed by atoms with E-state index in [-0.39, 0.29) is 16.6 Å². The van der Waals surface area contributed by atoms with Crippen molar-refractivity contribution in [2.45, 2.75) is 24.5 Å². The normalized spacial score (nSPS) is 11.4. The molecule has 1 amide bonds. The Bertz CT molecular complexity index is 1410. The summed E-state index contributed by atoms with van der Waals surface area (Å²) in [6.45, 7) is 3.57. The highest BCUT2D eigenvalue weighted by Crippen LogP contribution is 2.26. The summed E-state index contributed by atoms with van der Waals surface area (Å²) in [5, 5.41) is 3.39. The third-order valence-corrected chi connectivity index (χ3v) is 7.04. The maximum atomic E-state index is 12.7. The average molecular weight is 481 g/mol. The maximum Gasteiger partial charge on any atom is 0.255 e. The third kappa shape index (κ3) is 5.16. The highest BCUT2D eigenvalue weighted by molar-refractivity contribution is 7.90. The number of carbonyl (C=O) groups excluding carboxylic acids is 1. The molecule has 0 saturated carbocycles. The van der Waals surface area contributed by atoms with E-state index >= 15 is 0 Å². The van der Waals surface area contributed by atoms with Crippen molar-refractivity contribution in [1.29, 1.82) is 0 Å². The van der Waals surface area contributed by atoms with Crippen LogP contribution in [0.3, 0.4) is 0 Å². The average Bonchev–Trinajstić information content (AvgIpc) is 3.16. The standard InChI is InChI=1S/C25H21ClN2O4S/c1-16-8-13-20(26)14-22(16)27-24(29)18-9-11-19(12-10-18)25-28-23(17(2)32-25)15-33(30,31)21-6-4-3-5-7-21/h3-14H,15H2,1-2H3,(H,27,29). The van der Waals surface area contributed by atoms with Crippen molar-refractivity contribution in [1.82, 2.24) is 4.98 Å². The number of anilines is 1. The monoisotopic (exact) mass is 480 g/mol. The molecule has 1 aromatic heterocycles. The molecule has 0 fully saturated rings. The minimum Gasteiger partial charge on any atom is -0.441 e. The van der Waals surface area contributed by atoms with Gasteiger partial charge in [0, 0.05) is 21.8 Å². The molecule has 3 aromatic carbocycles. The highest BCUT2D eigenvalue weighted by atomic mass is 35.5. The first-order valence-corrected chi connectivity index (χ1v) is 12.2. The SMILES string of the molecule is Cc1ccc(Cl)cc1NC(=O)c1ccc(-c2nc(CS(=O)(=O)c3ccccc3)c(C)o2)cc1. The Kier molecular flexibility index (Phi) is 6.35. The van der Waals surface area contributed by atoms with Gasteiger partial charge in [-0.2, -0.15) is 0 Å². The number of rotatable bonds is 6. The summed E-state index contributed by atoms with van der Waals surface area (Å²) in [4.78, 5) is 17.2. The molecule has 0 unspecified atom stereocenters. The topological polar surface area (TPSA) is 89.3 Å². The van der Waals surface area contributed by atoms with E-state index < -0.39 is 9.84 Å². The number of aryl methyl sites for hydroxylation is 2. The lowest BCUT2D eigenvalue weighted by molar-refractivity contribution is 0.102. The predicted molar refractivity (Wildman–Crippen MR) is 128 cm³/mol. The van der Waals surface area contributed by atoms with Gasteiger partial charge in [0.05, 0.1) is 10.6 Å². The van der Waals surface area contributed by atoms with Crippen LogP contribution in [0, 0.1) is 13.8 Å². The Morgan fingerprint density at radius 2 is 1.70 bits per heavy atom. The molecule has 0 bridgehead atoms. The van der Waals surface area contributed by atoms with E-state index in [9.17, 15) is 13.2 Å². The Morgan fingerprint density at radius 3 is 2.39 bits per heavy atom. The molecule has 4 rings (SSSR count). The Hall–Kier alpha value is -3.42. The summed E-state index contributed by atoms with van der Waals surface area (Å²) >= 11 is 6.02. The molecule has 4 aromatic rings. The number of hydrogen-bond acceptors (Lipinski definition) is 5. The number of carbonyl (C=O) groups is 1. The second-order valence-corrected chi connectivity index (χ2v) is 10.0. The van der Waals surface area contributed by atoms with Crippen LogP contribution in [-0.2, 0) is 15.6 Å². The van der Waals surface area contributed by atoms with Crippen LogP contribution in [0.2, 0.25) is 5.02 Å². The van der Waals surface area contributed by atoms with Gasteiger partial charge in [-0.3, -0.25) is 4.79 Å².